The molecule has 0 saturated carbocycles. The number of ether oxygens (including phenoxy) is 1. The summed E-state index contributed by atoms with van der Waals surface area (Å²) in [4.78, 5) is 25.0. The number of rotatable bonds is 9. The fraction of sp³-hybridized carbons (Fsp3) is 0.185. The summed E-state index contributed by atoms with van der Waals surface area (Å²) in [5.41, 5.74) is 4.08. The van der Waals surface area contributed by atoms with Crippen LogP contribution in [0, 0.1) is 6.92 Å². The molecule has 36 heavy (non-hydrogen) atoms. The Morgan fingerprint density at radius 2 is 1.89 bits per heavy atom. The third-order valence-electron chi connectivity index (χ3n) is 5.78. The highest BCUT2D eigenvalue weighted by molar-refractivity contribution is 9.10. The number of aromatic hydroxyl groups is 1. The van der Waals surface area contributed by atoms with Gasteiger partial charge in [-0.15, -0.1) is 0 Å². The van der Waals surface area contributed by atoms with Crippen LogP contribution < -0.4 is 11.0 Å². The Balaban J connectivity index is 1.46. The van der Waals surface area contributed by atoms with E-state index in [0.29, 0.717) is 16.1 Å². The van der Waals surface area contributed by atoms with Gasteiger partial charge in [-0.1, -0.05) is 51.8 Å². The molecule has 1 aromatic heterocycles. The lowest BCUT2D eigenvalue weighted by molar-refractivity contribution is 0.103. The Hall–Kier alpha value is -3.33. The van der Waals surface area contributed by atoms with Gasteiger partial charge in [0, 0.05) is 39.6 Å². The number of carbonyl (C=O) groups excluding carboxylic acids is 1. The van der Waals surface area contributed by atoms with E-state index in [1.807, 2.05) is 49.4 Å². The minimum absolute atomic E-state index is 0.0999. The van der Waals surface area contributed by atoms with Crippen molar-refractivity contribution in [2.45, 2.75) is 20.1 Å². The van der Waals surface area contributed by atoms with E-state index in [-0.39, 0.29) is 37.1 Å². The lowest BCUT2D eigenvalue weighted by Gasteiger charge is -2.15. The van der Waals surface area contributed by atoms with E-state index in [0.717, 1.165) is 27.0 Å². The molecular formula is C27H25BrClN3O4. The first-order chi connectivity index (χ1) is 17.2. The van der Waals surface area contributed by atoms with Crippen LogP contribution in [-0.2, 0) is 24.9 Å². The van der Waals surface area contributed by atoms with Gasteiger partial charge in [0.2, 0.25) is 5.88 Å². The molecule has 0 amide bonds. The second-order valence-corrected chi connectivity index (χ2v) is 9.67. The summed E-state index contributed by atoms with van der Waals surface area (Å²) in [6.45, 7) is 2.65. The van der Waals surface area contributed by atoms with Gasteiger partial charge < -0.3 is 15.2 Å². The van der Waals surface area contributed by atoms with Crippen LogP contribution >= 0.6 is 27.5 Å². The number of aryl methyl sites for hydroxylation is 2. The van der Waals surface area contributed by atoms with Gasteiger partial charge in [0.05, 0.1) is 31.0 Å². The first kappa shape index (κ1) is 25.8. The van der Waals surface area contributed by atoms with Crippen molar-refractivity contribution in [2.24, 2.45) is 7.05 Å². The lowest BCUT2D eigenvalue weighted by atomic mass is 9.99. The highest BCUT2D eigenvalue weighted by Crippen LogP contribution is 2.29. The molecule has 0 aliphatic heterocycles. The molecule has 4 aromatic rings. The predicted molar refractivity (Wildman–Crippen MR) is 144 cm³/mol. The number of nitrogens with zero attached hydrogens (tertiary/aromatic N) is 2. The molecule has 0 saturated heterocycles. The first-order valence-electron chi connectivity index (χ1n) is 11.2. The third kappa shape index (κ3) is 5.73. The maximum Gasteiger partial charge on any atom is 0.330 e. The number of benzene rings is 3. The van der Waals surface area contributed by atoms with Gasteiger partial charge in [-0.3, -0.25) is 13.9 Å². The molecule has 0 fully saturated rings. The van der Waals surface area contributed by atoms with E-state index in [1.54, 1.807) is 25.2 Å². The largest absolute Gasteiger partial charge is 0.493 e. The molecule has 0 bridgehead atoms. The average molecular weight is 571 g/mol. The van der Waals surface area contributed by atoms with Crippen LogP contribution in [0.15, 0.2) is 76.1 Å². The van der Waals surface area contributed by atoms with Gasteiger partial charge in [-0.2, -0.15) is 0 Å². The highest BCUT2D eigenvalue weighted by atomic mass is 79.9. The number of anilines is 2. The molecule has 0 atom stereocenters. The van der Waals surface area contributed by atoms with E-state index in [4.69, 9.17) is 16.3 Å². The Labute approximate surface area is 222 Å². The van der Waals surface area contributed by atoms with Crippen LogP contribution in [0.1, 0.15) is 27.0 Å². The number of nitrogens with one attached hydrogen (secondary N) is 1. The van der Waals surface area contributed by atoms with Gasteiger partial charge in [-0.05, 0) is 48.9 Å². The predicted octanol–water partition coefficient (Wildman–Crippen LogP) is 5.81. The van der Waals surface area contributed by atoms with E-state index in [2.05, 4.69) is 21.2 Å². The van der Waals surface area contributed by atoms with Crippen LogP contribution in [0.4, 0.5) is 11.4 Å². The Morgan fingerprint density at radius 1 is 1.11 bits per heavy atom. The summed E-state index contributed by atoms with van der Waals surface area (Å²) < 4.78 is 9.26. The molecule has 0 aliphatic carbocycles. The Bertz CT molecular complexity index is 1480. The van der Waals surface area contributed by atoms with Crippen molar-refractivity contribution in [2.75, 3.05) is 11.9 Å². The molecule has 0 unspecified atom stereocenters. The van der Waals surface area contributed by atoms with Crippen LogP contribution in [0.3, 0.4) is 0 Å². The molecule has 3 aromatic carbocycles. The topological polar surface area (TPSA) is 85.5 Å². The van der Waals surface area contributed by atoms with Crippen LogP contribution in [0.25, 0.3) is 0 Å². The van der Waals surface area contributed by atoms with E-state index >= 15 is 0 Å². The second-order valence-electron chi connectivity index (χ2n) is 8.35. The molecule has 0 spiro atoms. The lowest BCUT2D eigenvalue weighted by Crippen LogP contribution is -2.23. The molecular weight excluding hydrogens is 546 g/mol. The maximum atomic E-state index is 13.0. The summed E-state index contributed by atoms with van der Waals surface area (Å²) in [6, 6.07) is 18.4. The summed E-state index contributed by atoms with van der Waals surface area (Å²) in [6.07, 6.45) is 1.36. The Morgan fingerprint density at radius 3 is 2.58 bits per heavy atom. The number of imidazole rings is 1. The number of hydrogen-bond acceptors (Lipinski definition) is 5. The van der Waals surface area contributed by atoms with Gasteiger partial charge >= 0.3 is 5.69 Å². The number of hydrogen-bond donors (Lipinski definition) is 2. The van der Waals surface area contributed by atoms with Crippen molar-refractivity contribution in [1.29, 1.82) is 0 Å². The minimum atomic E-state index is -0.304. The molecule has 0 radical (unpaired) electrons. The summed E-state index contributed by atoms with van der Waals surface area (Å²) in [7, 11) is 1.58. The van der Waals surface area contributed by atoms with Crippen molar-refractivity contribution < 1.29 is 14.6 Å². The molecule has 4 rings (SSSR count). The molecule has 1 heterocycles. The highest BCUT2D eigenvalue weighted by Gasteiger charge is 2.16. The molecule has 186 valence electrons. The zero-order valence-corrected chi connectivity index (χ0v) is 22.1. The molecule has 9 heteroatoms. The Kier molecular flexibility index (Phi) is 7.98. The summed E-state index contributed by atoms with van der Waals surface area (Å²) >= 11 is 9.99. The van der Waals surface area contributed by atoms with Crippen molar-refractivity contribution in [3.05, 3.63) is 109 Å². The number of carbonyl (C=O) groups is 1. The zero-order chi connectivity index (χ0) is 25.8. The average Bonchev–Trinajstić information content (AvgIpc) is 3.09. The third-order valence-corrected chi connectivity index (χ3v) is 6.59. The summed E-state index contributed by atoms with van der Waals surface area (Å²) in [5, 5.41) is 13.6. The quantitative estimate of drug-likeness (QED) is 0.196. The fourth-order valence-electron chi connectivity index (χ4n) is 3.84. The van der Waals surface area contributed by atoms with E-state index < -0.39 is 0 Å². The first-order valence-corrected chi connectivity index (χ1v) is 12.4. The van der Waals surface area contributed by atoms with Crippen molar-refractivity contribution in [3.8, 4) is 5.88 Å². The standard InChI is InChI=1S/C27H25BrClN3O4/c1-17-5-3-4-6-21(17)26(34)22-9-8-20(14-23(22)29)30-24-10-7-19(28)13-18(24)16-36-12-11-32-25(33)15-31(2)27(32)35/h3-10,13-15,30,33H,11-12,16H2,1-2H3. The fourth-order valence-corrected chi connectivity index (χ4v) is 4.52. The number of ketones is 1. The second kappa shape index (κ2) is 11.2. The number of halogens is 2. The van der Waals surface area contributed by atoms with Crippen LogP contribution in [0.5, 0.6) is 5.88 Å². The molecule has 0 aliphatic rings. The molecule has 2 N–H and O–H groups in total. The smallest absolute Gasteiger partial charge is 0.330 e. The summed E-state index contributed by atoms with van der Waals surface area (Å²) in [5.74, 6) is -0.219. The van der Waals surface area contributed by atoms with Gasteiger partial charge in [0.1, 0.15) is 0 Å². The van der Waals surface area contributed by atoms with Gasteiger partial charge in [0.25, 0.3) is 0 Å². The maximum absolute atomic E-state index is 13.0. The van der Waals surface area contributed by atoms with Crippen molar-refractivity contribution >= 4 is 44.7 Å². The van der Waals surface area contributed by atoms with Crippen LogP contribution in [0.2, 0.25) is 5.02 Å². The van der Waals surface area contributed by atoms with Crippen molar-refractivity contribution in [1.82, 2.24) is 9.13 Å². The minimum Gasteiger partial charge on any atom is -0.493 e. The van der Waals surface area contributed by atoms with E-state index in [1.165, 1.54) is 15.3 Å². The zero-order valence-electron chi connectivity index (χ0n) is 19.8. The monoisotopic (exact) mass is 569 g/mol. The number of aromatic nitrogens is 2. The normalized spacial score (nSPS) is 11.0. The van der Waals surface area contributed by atoms with Gasteiger partial charge in [-0.25, -0.2) is 4.79 Å². The van der Waals surface area contributed by atoms with Gasteiger partial charge in [0.15, 0.2) is 5.78 Å². The molecule has 7 nitrogen and oxygen atoms in total. The van der Waals surface area contributed by atoms with Crippen molar-refractivity contribution in [3.63, 3.8) is 0 Å². The SMILES string of the molecule is Cc1ccccc1C(=O)c1ccc(Nc2ccc(Br)cc2COCCn2c(O)cn(C)c2=O)cc1Cl. The van der Waals surface area contributed by atoms with Crippen LogP contribution in [-0.4, -0.2) is 26.6 Å². The van der Waals surface area contributed by atoms with E-state index in [9.17, 15) is 14.7 Å².